The van der Waals surface area contributed by atoms with Crippen LogP contribution in [-0.2, 0) is 9.59 Å². The fraction of sp³-hybridized carbons (Fsp3) is 0.273. The minimum absolute atomic E-state index is 0.0290. The van der Waals surface area contributed by atoms with Crippen LogP contribution < -0.4 is 4.90 Å². The molecular formula is C11H11Cl2NO2. The molecule has 86 valence electrons. The van der Waals surface area contributed by atoms with Gasteiger partial charge in [0, 0.05) is 5.69 Å². The molecule has 16 heavy (non-hydrogen) atoms. The van der Waals surface area contributed by atoms with Gasteiger partial charge in [-0.3, -0.25) is 9.59 Å². The van der Waals surface area contributed by atoms with Crippen molar-refractivity contribution in [2.45, 2.75) is 11.8 Å². The highest BCUT2D eigenvalue weighted by Gasteiger charge is 2.22. The minimum Gasteiger partial charge on any atom is -0.303 e. The van der Waals surface area contributed by atoms with Crippen molar-refractivity contribution in [1.29, 1.82) is 0 Å². The van der Waals surface area contributed by atoms with E-state index in [0.717, 1.165) is 0 Å². The van der Waals surface area contributed by atoms with Crippen LogP contribution in [0.5, 0.6) is 0 Å². The Bertz CT molecular complexity index is 379. The number of ketones is 1. The van der Waals surface area contributed by atoms with Crippen molar-refractivity contribution < 1.29 is 9.59 Å². The first-order chi connectivity index (χ1) is 7.52. The largest absolute Gasteiger partial charge is 0.303 e. The molecule has 0 heterocycles. The normalized spacial score (nSPS) is 10.2. The lowest BCUT2D eigenvalue weighted by Crippen LogP contribution is -2.38. The molecule has 1 aromatic carbocycles. The highest BCUT2D eigenvalue weighted by molar-refractivity contribution is 6.54. The molecule has 0 N–H and O–H groups in total. The SMILES string of the molecule is CC(=O)CN(C(=O)C(Cl)Cl)c1ccccc1. The quantitative estimate of drug-likeness (QED) is 0.779. The molecule has 0 spiro atoms. The molecule has 0 aliphatic rings. The van der Waals surface area contributed by atoms with E-state index in [1.54, 1.807) is 24.3 Å². The van der Waals surface area contributed by atoms with Crippen LogP contribution in [0.3, 0.4) is 0 Å². The van der Waals surface area contributed by atoms with E-state index in [2.05, 4.69) is 0 Å². The number of amides is 1. The van der Waals surface area contributed by atoms with Crippen LogP contribution in [0, 0.1) is 0 Å². The maximum absolute atomic E-state index is 11.7. The summed E-state index contributed by atoms with van der Waals surface area (Å²) in [5.74, 6) is -0.629. The second-order valence-corrected chi connectivity index (χ2v) is 4.36. The van der Waals surface area contributed by atoms with E-state index in [1.807, 2.05) is 6.07 Å². The molecule has 0 aliphatic heterocycles. The van der Waals surface area contributed by atoms with E-state index < -0.39 is 10.7 Å². The maximum atomic E-state index is 11.7. The van der Waals surface area contributed by atoms with Crippen molar-refractivity contribution in [3.8, 4) is 0 Å². The Kier molecular flexibility index (Phi) is 4.77. The van der Waals surface area contributed by atoms with Gasteiger partial charge in [0.25, 0.3) is 5.91 Å². The molecule has 1 amide bonds. The zero-order valence-electron chi connectivity index (χ0n) is 8.69. The standard InChI is InChI=1S/C11H11Cl2NO2/c1-8(15)7-14(11(16)10(12)13)9-5-3-2-4-6-9/h2-6,10H,7H2,1H3. The van der Waals surface area contributed by atoms with Crippen LogP contribution in [0.1, 0.15) is 6.92 Å². The molecule has 0 aliphatic carbocycles. The van der Waals surface area contributed by atoms with Crippen LogP contribution >= 0.6 is 23.2 Å². The molecule has 0 atom stereocenters. The van der Waals surface area contributed by atoms with Crippen LogP contribution in [-0.4, -0.2) is 23.1 Å². The lowest BCUT2D eigenvalue weighted by molar-refractivity contribution is -0.120. The van der Waals surface area contributed by atoms with Gasteiger partial charge in [-0.1, -0.05) is 41.4 Å². The van der Waals surface area contributed by atoms with Crippen LogP contribution in [0.15, 0.2) is 30.3 Å². The van der Waals surface area contributed by atoms with Gasteiger partial charge >= 0.3 is 0 Å². The zero-order valence-corrected chi connectivity index (χ0v) is 10.2. The summed E-state index contributed by atoms with van der Waals surface area (Å²) in [6, 6.07) is 8.80. The Labute approximate surface area is 104 Å². The number of Topliss-reactive ketones (excluding diaryl/α,β-unsaturated/α-hetero) is 1. The Morgan fingerprint density at radius 3 is 2.25 bits per heavy atom. The second kappa shape index (κ2) is 5.87. The Morgan fingerprint density at radius 2 is 1.81 bits per heavy atom. The van der Waals surface area contributed by atoms with Crippen molar-refractivity contribution in [2.75, 3.05) is 11.4 Å². The molecule has 0 unspecified atom stereocenters. The topological polar surface area (TPSA) is 37.4 Å². The first kappa shape index (κ1) is 13.0. The van der Waals surface area contributed by atoms with Gasteiger partial charge in [-0.25, -0.2) is 0 Å². The predicted molar refractivity (Wildman–Crippen MR) is 65.0 cm³/mol. The van der Waals surface area contributed by atoms with Gasteiger partial charge in [0.2, 0.25) is 0 Å². The summed E-state index contributed by atoms with van der Waals surface area (Å²) < 4.78 is 0. The average Bonchev–Trinajstić information content (AvgIpc) is 2.26. The molecule has 0 saturated carbocycles. The molecule has 0 bridgehead atoms. The average molecular weight is 260 g/mol. The van der Waals surface area contributed by atoms with E-state index in [0.29, 0.717) is 5.69 Å². The van der Waals surface area contributed by atoms with E-state index in [4.69, 9.17) is 23.2 Å². The van der Waals surface area contributed by atoms with Crippen molar-refractivity contribution in [3.05, 3.63) is 30.3 Å². The number of carbonyl (C=O) groups excluding carboxylic acids is 2. The summed E-state index contributed by atoms with van der Waals surface area (Å²) in [7, 11) is 0. The number of carbonyl (C=O) groups is 2. The lowest BCUT2D eigenvalue weighted by Gasteiger charge is -2.21. The highest BCUT2D eigenvalue weighted by atomic mass is 35.5. The van der Waals surface area contributed by atoms with Crippen LogP contribution in [0.4, 0.5) is 5.69 Å². The van der Waals surface area contributed by atoms with Gasteiger partial charge in [0.05, 0.1) is 6.54 Å². The fourth-order valence-corrected chi connectivity index (χ4v) is 1.48. The third-order valence-electron chi connectivity index (χ3n) is 1.90. The zero-order chi connectivity index (χ0) is 12.1. The molecule has 0 radical (unpaired) electrons. The summed E-state index contributed by atoms with van der Waals surface area (Å²) in [6.45, 7) is 1.37. The van der Waals surface area contributed by atoms with Crippen molar-refractivity contribution in [2.24, 2.45) is 0 Å². The number of halogens is 2. The van der Waals surface area contributed by atoms with Gasteiger partial charge in [-0.15, -0.1) is 0 Å². The van der Waals surface area contributed by atoms with Crippen molar-refractivity contribution in [1.82, 2.24) is 0 Å². The van der Waals surface area contributed by atoms with Crippen LogP contribution in [0.2, 0.25) is 0 Å². The van der Waals surface area contributed by atoms with Crippen molar-refractivity contribution >= 4 is 40.6 Å². The summed E-state index contributed by atoms with van der Waals surface area (Å²) in [4.78, 5) is 22.9. The third-order valence-corrected chi connectivity index (χ3v) is 2.27. The van der Waals surface area contributed by atoms with Gasteiger partial charge in [-0.05, 0) is 19.1 Å². The predicted octanol–water partition coefficient (Wildman–Crippen LogP) is 2.41. The highest BCUT2D eigenvalue weighted by Crippen LogP contribution is 2.17. The van der Waals surface area contributed by atoms with Crippen molar-refractivity contribution in [3.63, 3.8) is 0 Å². The van der Waals surface area contributed by atoms with E-state index in [1.165, 1.54) is 11.8 Å². The van der Waals surface area contributed by atoms with Gasteiger partial charge in [-0.2, -0.15) is 0 Å². The number of anilines is 1. The molecular weight excluding hydrogens is 249 g/mol. The lowest BCUT2D eigenvalue weighted by atomic mass is 10.2. The third kappa shape index (κ3) is 3.51. The Hall–Kier alpha value is -1.06. The number of para-hydroxylation sites is 1. The molecule has 1 aromatic rings. The number of rotatable bonds is 4. The smallest absolute Gasteiger partial charge is 0.260 e. The van der Waals surface area contributed by atoms with Crippen LogP contribution in [0.25, 0.3) is 0 Å². The number of nitrogens with zero attached hydrogens (tertiary/aromatic N) is 1. The number of benzene rings is 1. The molecule has 1 rings (SSSR count). The van der Waals surface area contributed by atoms with Gasteiger partial charge in [0.15, 0.2) is 4.84 Å². The number of hydrogen-bond donors (Lipinski definition) is 0. The fourth-order valence-electron chi connectivity index (χ4n) is 1.24. The summed E-state index contributed by atoms with van der Waals surface area (Å²) in [5.41, 5.74) is 0.606. The molecule has 0 aromatic heterocycles. The Morgan fingerprint density at radius 1 is 1.25 bits per heavy atom. The monoisotopic (exact) mass is 259 g/mol. The Balaban J connectivity index is 2.96. The first-order valence-corrected chi connectivity index (χ1v) is 5.53. The second-order valence-electron chi connectivity index (χ2n) is 3.26. The van der Waals surface area contributed by atoms with Gasteiger partial charge in [0.1, 0.15) is 5.78 Å². The summed E-state index contributed by atoms with van der Waals surface area (Å²) >= 11 is 11.0. The number of hydrogen-bond acceptors (Lipinski definition) is 2. The summed E-state index contributed by atoms with van der Waals surface area (Å²) in [5, 5.41) is 0. The van der Waals surface area contributed by atoms with E-state index in [-0.39, 0.29) is 12.3 Å². The first-order valence-electron chi connectivity index (χ1n) is 4.66. The van der Waals surface area contributed by atoms with E-state index in [9.17, 15) is 9.59 Å². The maximum Gasteiger partial charge on any atom is 0.260 e. The molecule has 0 fully saturated rings. The minimum atomic E-state index is -1.17. The molecule has 3 nitrogen and oxygen atoms in total. The molecule has 5 heteroatoms. The number of alkyl halides is 2. The summed E-state index contributed by atoms with van der Waals surface area (Å²) in [6.07, 6.45) is 0. The molecule has 0 saturated heterocycles. The van der Waals surface area contributed by atoms with Gasteiger partial charge < -0.3 is 4.90 Å². The van der Waals surface area contributed by atoms with E-state index >= 15 is 0 Å².